The van der Waals surface area contributed by atoms with Crippen molar-refractivity contribution in [3.63, 3.8) is 0 Å². The Bertz CT molecular complexity index is 272. The number of fused-ring (bicyclic) bond motifs is 1. The number of hydrogen-bond donors (Lipinski definition) is 2. The summed E-state index contributed by atoms with van der Waals surface area (Å²) in [5.74, 6) is -0.210. The topological polar surface area (TPSA) is 67.6 Å². The molecule has 0 aromatic rings. The van der Waals surface area contributed by atoms with Gasteiger partial charge in [0.05, 0.1) is 6.61 Å². The van der Waals surface area contributed by atoms with E-state index in [1.165, 1.54) is 6.42 Å². The van der Waals surface area contributed by atoms with Gasteiger partial charge in [0.2, 0.25) is 5.91 Å². The van der Waals surface area contributed by atoms with Gasteiger partial charge in [0.25, 0.3) is 0 Å². The highest BCUT2D eigenvalue weighted by molar-refractivity contribution is 5.86. The Labute approximate surface area is 96.3 Å². The highest BCUT2D eigenvalue weighted by atomic mass is 16.5. The number of hydrogen-bond acceptors (Lipinski definition) is 4. The van der Waals surface area contributed by atoms with Gasteiger partial charge in [-0.3, -0.25) is 15.0 Å². The number of ether oxygens (including phenoxy) is 1. The summed E-state index contributed by atoms with van der Waals surface area (Å²) in [6.45, 7) is 3.38. The fourth-order valence-corrected chi connectivity index (χ4v) is 3.10. The van der Waals surface area contributed by atoms with Crippen LogP contribution >= 0.6 is 0 Å². The third kappa shape index (κ3) is 1.83. The summed E-state index contributed by atoms with van der Waals surface area (Å²) < 4.78 is 5.01. The Hall–Kier alpha value is -0.650. The summed E-state index contributed by atoms with van der Waals surface area (Å²) >= 11 is 0. The molecule has 16 heavy (non-hydrogen) atoms. The number of carbonyl (C=O) groups excluding carboxylic acids is 1. The highest BCUT2D eigenvalue weighted by Crippen LogP contribution is 2.35. The zero-order valence-corrected chi connectivity index (χ0v) is 9.87. The molecule has 2 aliphatic heterocycles. The first-order valence-electron chi connectivity index (χ1n) is 5.98. The van der Waals surface area contributed by atoms with E-state index in [2.05, 4.69) is 10.2 Å². The van der Waals surface area contributed by atoms with Crippen LogP contribution < -0.4 is 11.1 Å². The van der Waals surface area contributed by atoms with Crippen molar-refractivity contribution in [1.29, 1.82) is 0 Å². The summed E-state index contributed by atoms with van der Waals surface area (Å²) in [6.07, 6.45) is 3.07. The average Bonchev–Trinajstić information content (AvgIpc) is 2.81. The minimum Gasteiger partial charge on any atom is -0.383 e. The molecule has 0 aliphatic carbocycles. The fourth-order valence-electron chi connectivity index (χ4n) is 3.10. The number of carbonyl (C=O) groups is 1. The Morgan fingerprint density at radius 1 is 1.62 bits per heavy atom. The summed E-state index contributed by atoms with van der Waals surface area (Å²) in [5, 5.41) is 3.33. The van der Waals surface area contributed by atoms with Crippen LogP contribution in [0.5, 0.6) is 0 Å². The number of amides is 1. The van der Waals surface area contributed by atoms with Crippen LogP contribution in [0.1, 0.15) is 19.3 Å². The molecule has 2 atom stereocenters. The van der Waals surface area contributed by atoms with Crippen molar-refractivity contribution in [2.45, 2.75) is 30.8 Å². The first-order valence-corrected chi connectivity index (χ1v) is 5.98. The second-order valence-corrected chi connectivity index (χ2v) is 4.70. The van der Waals surface area contributed by atoms with Gasteiger partial charge >= 0.3 is 0 Å². The van der Waals surface area contributed by atoms with Crippen molar-refractivity contribution >= 4 is 5.91 Å². The Balaban J connectivity index is 2.06. The van der Waals surface area contributed by atoms with E-state index in [9.17, 15) is 4.79 Å². The molecular formula is C11H21N3O2. The standard InChI is InChI=1S/C11H21N3O2/c1-16-8-5-13-11(10(12)15)4-7-14-6-2-3-9(11)14/h9,13H,2-8H2,1H3,(H2,12,15). The lowest BCUT2D eigenvalue weighted by atomic mass is 9.88. The molecular weight excluding hydrogens is 206 g/mol. The van der Waals surface area contributed by atoms with Gasteiger partial charge in [-0.15, -0.1) is 0 Å². The minimum absolute atomic E-state index is 0.210. The molecule has 0 aromatic carbocycles. The molecule has 2 saturated heterocycles. The molecule has 2 fully saturated rings. The molecule has 2 heterocycles. The normalized spacial score (nSPS) is 34.2. The maximum atomic E-state index is 11.8. The Morgan fingerprint density at radius 2 is 2.44 bits per heavy atom. The van der Waals surface area contributed by atoms with Crippen LogP contribution in [0.4, 0.5) is 0 Å². The highest BCUT2D eigenvalue weighted by Gasteiger charge is 2.52. The molecule has 2 unspecified atom stereocenters. The fraction of sp³-hybridized carbons (Fsp3) is 0.909. The lowest BCUT2D eigenvalue weighted by molar-refractivity contribution is -0.125. The van der Waals surface area contributed by atoms with Crippen molar-refractivity contribution in [1.82, 2.24) is 10.2 Å². The minimum atomic E-state index is -0.519. The van der Waals surface area contributed by atoms with Crippen LogP contribution in [0.15, 0.2) is 0 Å². The maximum Gasteiger partial charge on any atom is 0.239 e. The summed E-state index contributed by atoms with van der Waals surface area (Å²) in [5.41, 5.74) is 5.08. The van der Waals surface area contributed by atoms with Gasteiger partial charge in [-0.05, 0) is 25.8 Å². The molecule has 2 aliphatic rings. The van der Waals surface area contributed by atoms with Crippen LogP contribution in [0.3, 0.4) is 0 Å². The van der Waals surface area contributed by atoms with E-state index in [0.717, 1.165) is 25.9 Å². The van der Waals surface area contributed by atoms with E-state index in [1.54, 1.807) is 7.11 Å². The van der Waals surface area contributed by atoms with Crippen LogP contribution in [0.2, 0.25) is 0 Å². The summed E-state index contributed by atoms with van der Waals surface area (Å²) in [7, 11) is 1.66. The number of nitrogens with two attached hydrogens (primary N) is 1. The largest absolute Gasteiger partial charge is 0.383 e. The molecule has 2 rings (SSSR count). The van der Waals surface area contributed by atoms with Crippen LogP contribution in [0, 0.1) is 0 Å². The second kappa shape index (κ2) is 4.69. The zero-order valence-electron chi connectivity index (χ0n) is 9.87. The zero-order chi connectivity index (χ0) is 11.6. The van der Waals surface area contributed by atoms with E-state index in [1.807, 2.05) is 0 Å². The summed E-state index contributed by atoms with van der Waals surface area (Å²) in [6, 6.07) is 0.293. The molecule has 92 valence electrons. The molecule has 0 spiro atoms. The van der Waals surface area contributed by atoms with Gasteiger partial charge in [0.1, 0.15) is 5.54 Å². The number of rotatable bonds is 5. The van der Waals surface area contributed by atoms with Gasteiger partial charge in [-0.2, -0.15) is 0 Å². The van der Waals surface area contributed by atoms with Gasteiger partial charge < -0.3 is 10.5 Å². The SMILES string of the molecule is COCCNC1(C(N)=O)CCN2CCCC21. The number of methoxy groups -OCH3 is 1. The second-order valence-electron chi connectivity index (χ2n) is 4.70. The van der Waals surface area contributed by atoms with Gasteiger partial charge in [-0.25, -0.2) is 0 Å². The van der Waals surface area contributed by atoms with E-state index in [4.69, 9.17) is 10.5 Å². The predicted octanol–water partition coefficient (Wildman–Crippen LogP) is -0.685. The molecule has 0 saturated carbocycles. The van der Waals surface area contributed by atoms with Crippen molar-refractivity contribution in [3.05, 3.63) is 0 Å². The Kier molecular flexibility index (Phi) is 3.47. The van der Waals surface area contributed by atoms with Crippen LogP contribution in [-0.4, -0.2) is 55.7 Å². The van der Waals surface area contributed by atoms with Crippen LogP contribution in [0.25, 0.3) is 0 Å². The number of primary amides is 1. The van der Waals surface area contributed by atoms with Crippen molar-refractivity contribution < 1.29 is 9.53 Å². The van der Waals surface area contributed by atoms with E-state index in [-0.39, 0.29) is 5.91 Å². The molecule has 5 heteroatoms. The van der Waals surface area contributed by atoms with Crippen molar-refractivity contribution in [2.75, 3.05) is 33.4 Å². The van der Waals surface area contributed by atoms with Gasteiger partial charge in [0, 0.05) is 26.2 Å². The smallest absolute Gasteiger partial charge is 0.239 e. The quantitative estimate of drug-likeness (QED) is 0.610. The molecule has 0 aromatic heterocycles. The number of nitrogens with one attached hydrogen (secondary N) is 1. The first-order chi connectivity index (χ1) is 7.70. The third-order valence-corrected chi connectivity index (χ3v) is 3.91. The molecule has 3 N–H and O–H groups in total. The average molecular weight is 227 g/mol. The van der Waals surface area contributed by atoms with E-state index >= 15 is 0 Å². The molecule has 0 bridgehead atoms. The maximum absolute atomic E-state index is 11.8. The van der Waals surface area contributed by atoms with Crippen molar-refractivity contribution in [3.8, 4) is 0 Å². The van der Waals surface area contributed by atoms with Crippen molar-refractivity contribution in [2.24, 2.45) is 5.73 Å². The van der Waals surface area contributed by atoms with E-state index in [0.29, 0.717) is 19.2 Å². The Morgan fingerprint density at radius 3 is 3.12 bits per heavy atom. The first kappa shape index (κ1) is 11.8. The van der Waals surface area contributed by atoms with Gasteiger partial charge in [0.15, 0.2) is 0 Å². The summed E-state index contributed by atoms with van der Waals surface area (Å²) in [4.78, 5) is 14.1. The monoisotopic (exact) mass is 227 g/mol. The lowest BCUT2D eigenvalue weighted by Crippen LogP contribution is -2.62. The number of nitrogens with zero attached hydrogens (tertiary/aromatic N) is 1. The lowest BCUT2D eigenvalue weighted by Gasteiger charge is -2.33. The molecule has 0 radical (unpaired) electrons. The predicted molar refractivity (Wildman–Crippen MR) is 61.0 cm³/mol. The molecule has 1 amide bonds. The van der Waals surface area contributed by atoms with E-state index < -0.39 is 5.54 Å². The molecule has 5 nitrogen and oxygen atoms in total. The van der Waals surface area contributed by atoms with Gasteiger partial charge in [-0.1, -0.05) is 0 Å². The third-order valence-electron chi connectivity index (χ3n) is 3.91. The van der Waals surface area contributed by atoms with Crippen LogP contribution in [-0.2, 0) is 9.53 Å².